The maximum absolute atomic E-state index is 4.64. The summed E-state index contributed by atoms with van der Waals surface area (Å²) >= 11 is 0. The van der Waals surface area contributed by atoms with Crippen molar-refractivity contribution in [1.29, 1.82) is 0 Å². The molecule has 2 aromatic carbocycles. The van der Waals surface area contributed by atoms with Crippen LogP contribution in [-0.2, 0) is 0 Å². The standard InChI is InChI=1S/C20H17N3.C2H4/c1-3-15(4-2)18-21-19(16-11-7-5-8-12-16)23-20(22-18)17-13-9-6-10-14-17;1-2/h3-14H,1H2,2H3;1-2H2/b15-4+;. The van der Waals surface area contributed by atoms with E-state index >= 15 is 0 Å². The zero-order chi connectivity index (χ0) is 18.1. The second-order valence-electron chi connectivity index (χ2n) is 4.99. The highest BCUT2D eigenvalue weighted by atomic mass is 15.0. The molecule has 1 aromatic heterocycles. The highest BCUT2D eigenvalue weighted by Crippen LogP contribution is 2.22. The van der Waals surface area contributed by atoms with Crippen molar-refractivity contribution in [3.05, 3.63) is 98.4 Å². The van der Waals surface area contributed by atoms with Gasteiger partial charge in [-0.05, 0) is 6.92 Å². The Bertz CT molecular complexity index is 795. The highest BCUT2D eigenvalue weighted by Gasteiger charge is 2.11. The molecule has 3 aromatic rings. The summed E-state index contributed by atoms with van der Waals surface area (Å²) in [6.45, 7) is 11.8. The van der Waals surface area contributed by atoms with Crippen LogP contribution in [-0.4, -0.2) is 15.0 Å². The van der Waals surface area contributed by atoms with E-state index < -0.39 is 0 Å². The third kappa shape index (κ3) is 4.36. The largest absolute Gasteiger partial charge is 0.208 e. The van der Waals surface area contributed by atoms with Crippen molar-refractivity contribution in [2.75, 3.05) is 0 Å². The first-order chi connectivity index (χ1) is 12.3. The minimum Gasteiger partial charge on any atom is -0.208 e. The van der Waals surface area contributed by atoms with E-state index in [1.165, 1.54) is 0 Å². The lowest BCUT2D eigenvalue weighted by atomic mass is 10.1. The average Bonchev–Trinajstić information content (AvgIpc) is 2.71. The highest BCUT2D eigenvalue weighted by molar-refractivity contribution is 5.71. The Hall–Kier alpha value is -3.33. The van der Waals surface area contributed by atoms with E-state index in [2.05, 4.69) is 34.7 Å². The normalized spacial score (nSPS) is 10.5. The predicted molar refractivity (Wildman–Crippen MR) is 106 cm³/mol. The summed E-state index contributed by atoms with van der Waals surface area (Å²) in [7, 11) is 0. The van der Waals surface area contributed by atoms with Crippen molar-refractivity contribution < 1.29 is 0 Å². The van der Waals surface area contributed by atoms with Crippen molar-refractivity contribution in [3.63, 3.8) is 0 Å². The molecule has 3 heteroatoms. The molecule has 3 nitrogen and oxygen atoms in total. The van der Waals surface area contributed by atoms with Crippen LogP contribution in [0.4, 0.5) is 0 Å². The fraction of sp³-hybridized carbons (Fsp3) is 0.0455. The van der Waals surface area contributed by atoms with Crippen molar-refractivity contribution in [2.24, 2.45) is 0 Å². The SMILES string of the molecule is C=C.C=C/C(=C\C)c1nc(-c2ccccc2)nc(-c2ccccc2)n1. The van der Waals surface area contributed by atoms with Crippen molar-refractivity contribution in [1.82, 2.24) is 15.0 Å². The van der Waals surface area contributed by atoms with Gasteiger partial charge in [-0.25, -0.2) is 15.0 Å². The minimum absolute atomic E-state index is 0.634. The molecule has 0 saturated carbocycles. The molecule has 1 heterocycles. The number of benzene rings is 2. The fourth-order valence-corrected chi connectivity index (χ4v) is 2.28. The Kier molecular flexibility index (Phi) is 6.55. The summed E-state index contributed by atoms with van der Waals surface area (Å²) in [5.41, 5.74) is 2.82. The van der Waals surface area contributed by atoms with E-state index in [9.17, 15) is 0 Å². The smallest absolute Gasteiger partial charge is 0.164 e. The van der Waals surface area contributed by atoms with E-state index in [0.29, 0.717) is 17.5 Å². The van der Waals surface area contributed by atoms with Gasteiger partial charge in [-0.2, -0.15) is 0 Å². The third-order valence-electron chi connectivity index (χ3n) is 3.49. The van der Waals surface area contributed by atoms with E-state index in [0.717, 1.165) is 16.7 Å². The van der Waals surface area contributed by atoms with Crippen molar-refractivity contribution in [2.45, 2.75) is 6.92 Å². The lowest BCUT2D eigenvalue weighted by Gasteiger charge is -2.08. The predicted octanol–water partition coefficient (Wildman–Crippen LogP) is 5.60. The maximum Gasteiger partial charge on any atom is 0.164 e. The summed E-state index contributed by atoms with van der Waals surface area (Å²) in [6, 6.07) is 19.9. The average molecular weight is 327 g/mol. The second kappa shape index (κ2) is 9.08. The molecule has 0 saturated heterocycles. The van der Waals surface area contributed by atoms with Gasteiger partial charge >= 0.3 is 0 Å². The quantitative estimate of drug-likeness (QED) is 0.462. The van der Waals surface area contributed by atoms with E-state index in [1.807, 2.05) is 73.7 Å². The second-order valence-corrected chi connectivity index (χ2v) is 4.99. The summed E-state index contributed by atoms with van der Waals surface area (Å²) < 4.78 is 0. The van der Waals surface area contributed by atoms with Gasteiger partial charge in [-0.3, -0.25) is 0 Å². The molecule has 0 aliphatic heterocycles. The fourth-order valence-electron chi connectivity index (χ4n) is 2.28. The van der Waals surface area contributed by atoms with E-state index in [4.69, 9.17) is 0 Å². The van der Waals surface area contributed by atoms with Gasteiger partial charge in [0.25, 0.3) is 0 Å². The summed E-state index contributed by atoms with van der Waals surface area (Å²) in [6.07, 6.45) is 3.71. The Morgan fingerprint density at radius 1 is 0.760 bits per heavy atom. The van der Waals surface area contributed by atoms with Gasteiger partial charge < -0.3 is 0 Å². The molecule has 0 spiro atoms. The van der Waals surface area contributed by atoms with Crippen LogP contribution >= 0.6 is 0 Å². The molecular formula is C22H21N3. The summed E-state index contributed by atoms with van der Waals surface area (Å²) in [5, 5.41) is 0. The number of nitrogens with zero attached hydrogens (tertiary/aromatic N) is 3. The molecule has 0 fully saturated rings. The number of hydrogen-bond acceptors (Lipinski definition) is 3. The topological polar surface area (TPSA) is 38.7 Å². The van der Waals surface area contributed by atoms with E-state index in [1.54, 1.807) is 6.08 Å². The first-order valence-electron chi connectivity index (χ1n) is 7.98. The van der Waals surface area contributed by atoms with Crippen LogP contribution in [0.1, 0.15) is 12.7 Å². The molecule has 0 aliphatic rings. The van der Waals surface area contributed by atoms with Crippen molar-refractivity contribution >= 4 is 5.57 Å². The summed E-state index contributed by atoms with van der Waals surface area (Å²) in [5.74, 6) is 1.96. The number of hydrogen-bond donors (Lipinski definition) is 0. The van der Waals surface area contributed by atoms with Crippen LogP contribution in [0.3, 0.4) is 0 Å². The molecular weight excluding hydrogens is 306 g/mol. The lowest BCUT2D eigenvalue weighted by Crippen LogP contribution is -2.02. The monoisotopic (exact) mass is 327 g/mol. The van der Waals surface area contributed by atoms with Gasteiger partial charge in [0.15, 0.2) is 17.5 Å². The molecule has 25 heavy (non-hydrogen) atoms. The lowest BCUT2D eigenvalue weighted by molar-refractivity contribution is 1.04. The van der Waals surface area contributed by atoms with Crippen molar-refractivity contribution in [3.8, 4) is 22.8 Å². The maximum atomic E-state index is 4.64. The first-order valence-corrected chi connectivity index (χ1v) is 7.98. The number of rotatable bonds is 4. The van der Waals surface area contributed by atoms with E-state index in [-0.39, 0.29) is 0 Å². The first kappa shape index (κ1) is 18.0. The Morgan fingerprint density at radius 3 is 1.56 bits per heavy atom. The molecule has 3 rings (SSSR count). The molecule has 0 radical (unpaired) electrons. The Balaban J connectivity index is 0.00000109. The molecule has 0 aliphatic carbocycles. The molecule has 0 bridgehead atoms. The number of aromatic nitrogens is 3. The van der Waals surface area contributed by atoms with Crippen LogP contribution < -0.4 is 0 Å². The molecule has 0 N–H and O–H groups in total. The van der Waals surface area contributed by atoms with Gasteiger partial charge in [0.2, 0.25) is 0 Å². The molecule has 0 unspecified atom stereocenters. The minimum atomic E-state index is 0.634. The van der Waals surface area contributed by atoms with Crippen LogP contribution in [0.2, 0.25) is 0 Å². The molecule has 0 atom stereocenters. The van der Waals surface area contributed by atoms with Gasteiger partial charge in [-0.1, -0.05) is 79.4 Å². The van der Waals surface area contributed by atoms with Crippen LogP contribution in [0.25, 0.3) is 28.3 Å². The van der Waals surface area contributed by atoms with Crippen LogP contribution in [0, 0.1) is 0 Å². The third-order valence-corrected chi connectivity index (χ3v) is 3.49. The number of allylic oxidation sites excluding steroid dienone is 3. The Labute approximate surface area is 149 Å². The van der Waals surface area contributed by atoms with Gasteiger partial charge in [0.1, 0.15) is 0 Å². The zero-order valence-corrected chi connectivity index (χ0v) is 14.4. The molecule has 124 valence electrons. The van der Waals surface area contributed by atoms with Gasteiger partial charge in [-0.15, -0.1) is 13.2 Å². The van der Waals surface area contributed by atoms with Gasteiger partial charge in [0.05, 0.1) is 0 Å². The zero-order valence-electron chi connectivity index (χ0n) is 14.4. The Morgan fingerprint density at radius 2 is 1.20 bits per heavy atom. The summed E-state index contributed by atoms with van der Waals surface area (Å²) in [4.78, 5) is 13.9. The van der Waals surface area contributed by atoms with Crippen LogP contribution in [0.5, 0.6) is 0 Å². The van der Waals surface area contributed by atoms with Crippen LogP contribution in [0.15, 0.2) is 92.6 Å². The van der Waals surface area contributed by atoms with Gasteiger partial charge in [0, 0.05) is 16.7 Å². The molecule has 0 amide bonds.